The fourth-order valence-electron chi connectivity index (χ4n) is 12.4. The zero-order valence-corrected chi connectivity index (χ0v) is 50.7. The van der Waals surface area contributed by atoms with Crippen LogP contribution in [0, 0.1) is 0 Å². The highest BCUT2D eigenvalue weighted by Gasteiger charge is 2.26. The van der Waals surface area contributed by atoms with Crippen molar-refractivity contribution in [3.05, 3.63) is 376 Å². The van der Waals surface area contributed by atoms with Crippen molar-refractivity contribution in [3.63, 3.8) is 0 Å². The fourth-order valence-corrected chi connectivity index (χ4v) is 13.6. The van der Waals surface area contributed by atoms with Gasteiger partial charge in [0, 0.05) is 88.4 Å². The van der Waals surface area contributed by atoms with Gasteiger partial charge in [0.2, 0.25) is 0 Å². The molecule has 15 rings (SSSR count). The molecule has 0 aliphatic carbocycles. The minimum absolute atomic E-state index is 1.01. The second kappa shape index (κ2) is 25.4. The lowest BCUT2D eigenvalue weighted by atomic mass is 10.1. The Morgan fingerprint density at radius 1 is 0.132 bits per heavy atom. The highest BCUT2D eigenvalue weighted by molar-refractivity contribution is 7.25. The number of hydrogen-bond acceptors (Lipinski definition) is 7. The van der Waals surface area contributed by atoms with Crippen LogP contribution in [-0.2, 0) is 0 Å². The molecule has 91 heavy (non-hydrogen) atoms. The van der Waals surface area contributed by atoms with E-state index in [4.69, 9.17) is 0 Å². The third kappa shape index (κ3) is 11.5. The SMILES string of the molecule is c1ccc(N(c2ccccc2)c2cc(N(c3ccccc3)c3ccccc3)cc(N(c3ccccc3)c3ccc4c(c3)sc3cc(N(c5ccccc5)c5cc(N(c6ccccc6)c6ccccc6)cc(N(c6ccccc6)c6ccccc6)c5)ccc34)c2)cc1. The van der Waals surface area contributed by atoms with Gasteiger partial charge in [0.25, 0.3) is 0 Å². The lowest BCUT2D eigenvalue weighted by molar-refractivity contribution is 1.22. The summed E-state index contributed by atoms with van der Waals surface area (Å²) in [6.45, 7) is 0. The minimum Gasteiger partial charge on any atom is -0.310 e. The molecule has 0 bridgehead atoms. The molecule has 0 aliphatic rings. The van der Waals surface area contributed by atoms with Crippen LogP contribution < -0.4 is 29.4 Å². The van der Waals surface area contributed by atoms with Gasteiger partial charge in [-0.05, 0) is 182 Å². The summed E-state index contributed by atoms with van der Waals surface area (Å²) >= 11 is 1.83. The van der Waals surface area contributed by atoms with Gasteiger partial charge in [-0.25, -0.2) is 0 Å². The number of thiophene rings is 1. The number of hydrogen-bond donors (Lipinski definition) is 0. The van der Waals surface area contributed by atoms with E-state index in [1.54, 1.807) is 0 Å². The first-order valence-electron chi connectivity index (χ1n) is 30.7. The molecule has 1 aromatic heterocycles. The fraction of sp³-hybridized carbons (Fsp3) is 0. The number of rotatable bonds is 18. The van der Waals surface area contributed by atoms with E-state index < -0.39 is 0 Å². The molecule has 0 spiro atoms. The molecule has 14 aromatic carbocycles. The predicted octanol–water partition coefficient (Wildman–Crippen LogP) is 24.9. The van der Waals surface area contributed by atoms with Gasteiger partial charge < -0.3 is 29.4 Å². The van der Waals surface area contributed by atoms with Crippen molar-refractivity contribution < 1.29 is 0 Å². The van der Waals surface area contributed by atoms with Gasteiger partial charge in [0.1, 0.15) is 0 Å². The van der Waals surface area contributed by atoms with Crippen molar-refractivity contribution in [2.45, 2.75) is 0 Å². The topological polar surface area (TPSA) is 19.4 Å². The third-order valence-corrected chi connectivity index (χ3v) is 17.5. The molecule has 1 heterocycles. The molecular weight excluding hydrogens is 1130 g/mol. The van der Waals surface area contributed by atoms with E-state index in [-0.39, 0.29) is 0 Å². The number of nitrogens with zero attached hydrogens (tertiary/aromatic N) is 6. The number of fused-ring (bicyclic) bond motifs is 3. The van der Waals surface area contributed by atoms with Crippen LogP contribution in [0.15, 0.2) is 376 Å². The van der Waals surface area contributed by atoms with E-state index >= 15 is 0 Å². The van der Waals surface area contributed by atoms with E-state index in [1.807, 2.05) is 11.3 Å². The summed E-state index contributed by atoms with van der Waals surface area (Å²) in [6, 6.07) is 135. The molecule has 0 N–H and O–H groups in total. The van der Waals surface area contributed by atoms with Crippen molar-refractivity contribution in [1.29, 1.82) is 0 Å². The van der Waals surface area contributed by atoms with Crippen LogP contribution in [0.5, 0.6) is 0 Å². The smallest absolute Gasteiger partial charge is 0.0503 e. The van der Waals surface area contributed by atoms with Crippen LogP contribution in [0.4, 0.5) is 102 Å². The minimum atomic E-state index is 1.01. The number of anilines is 18. The molecule has 434 valence electrons. The van der Waals surface area contributed by atoms with E-state index in [1.165, 1.54) is 20.2 Å². The van der Waals surface area contributed by atoms with Crippen molar-refractivity contribution in [2.75, 3.05) is 29.4 Å². The predicted molar refractivity (Wildman–Crippen MR) is 387 cm³/mol. The number of para-hydroxylation sites is 10. The summed E-state index contributed by atoms with van der Waals surface area (Å²) in [4.78, 5) is 14.3. The summed E-state index contributed by atoms with van der Waals surface area (Å²) in [6.07, 6.45) is 0. The molecule has 0 amide bonds. The van der Waals surface area contributed by atoms with Gasteiger partial charge in [0.15, 0.2) is 0 Å². The lowest BCUT2D eigenvalue weighted by Crippen LogP contribution is -2.16. The van der Waals surface area contributed by atoms with Crippen LogP contribution in [0.25, 0.3) is 20.2 Å². The summed E-state index contributed by atoms with van der Waals surface area (Å²) < 4.78 is 2.37. The maximum Gasteiger partial charge on any atom is 0.0503 e. The maximum absolute atomic E-state index is 2.41. The Labute approximate surface area is 536 Å². The molecule has 0 aliphatic heterocycles. The Morgan fingerprint density at radius 3 is 0.451 bits per heavy atom. The highest BCUT2D eigenvalue weighted by Crippen LogP contribution is 2.50. The highest BCUT2D eigenvalue weighted by atomic mass is 32.1. The second-order valence-electron chi connectivity index (χ2n) is 22.2. The zero-order valence-electron chi connectivity index (χ0n) is 49.9. The molecule has 0 radical (unpaired) electrons. The molecule has 6 nitrogen and oxygen atoms in total. The van der Waals surface area contributed by atoms with Gasteiger partial charge >= 0.3 is 0 Å². The molecule has 0 atom stereocenters. The number of benzene rings is 14. The molecular formula is C84H62N6S. The molecule has 0 saturated carbocycles. The molecule has 0 unspecified atom stereocenters. The Balaban J connectivity index is 0.907. The van der Waals surface area contributed by atoms with Gasteiger partial charge in [-0.1, -0.05) is 194 Å². The van der Waals surface area contributed by atoms with Gasteiger partial charge in [-0.3, -0.25) is 0 Å². The molecule has 0 fully saturated rings. The van der Waals surface area contributed by atoms with E-state index in [0.717, 1.165) is 102 Å². The average molecular weight is 1190 g/mol. The summed E-state index contributed by atoms with van der Waals surface area (Å²) in [5.74, 6) is 0. The Bertz CT molecular complexity index is 4200. The maximum atomic E-state index is 2.41. The van der Waals surface area contributed by atoms with Crippen LogP contribution >= 0.6 is 11.3 Å². The summed E-state index contributed by atoms with van der Waals surface area (Å²) in [5.41, 5.74) is 18.7. The largest absolute Gasteiger partial charge is 0.310 e. The first kappa shape index (κ1) is 55.7. The second-order valence-corrected chi connectivity index (χ2v) is 23.3. The molecule has 7 heteroatoms. The van der Waals surface area contributed by atoms with E-state index in [0.29, 0.717) is 0 Å². The van der Waals surface area contributed by atoms with E-state index in [9.17, 15) is 0 Å². The van der Waals surface area contributed by atoms with Crippen molar-refractivity contribution in [3.8, 4) is 0 Å². The normalized spacial score (nSPS) is 11.1. The van der Waals surface area contributed by atoms with Crippen molar-refractivity contribution >= 4 is 134 Å². The Hall–Kier alpha value is -11.9. The van der Waals surface area contributed by atoms with E-state index in [2.05, 4.69) is 406 Å². The standard InChI is InChI=1S/C84H62N6S/c1-11-31-63(32-12-1)85(64-33-13-2-14-34-64)75-55-76(86(65-35-15-3-16-36-65)66-37-17-4-18-38-66)58-79(57-75)89(71-47-27-9-28-48-71)73-51-53-81-82-54-52-74(62-84(82)91-83(81)61-73)90(72-49-29-10-30-50-72)80-59-77(87(67-39-19-5-20-40-67)68-41-21-6-22-42-68)56-78(60-80)88(69-43-23-7-24-44-69)70-45-25-8-26-46-70/h1-62H. The third-order valence-electron chi connectivity index (χ3n) is 16.4. The molecule has 0 saturated heterocycles. The van der Waals surface area contributed by atoms with Crippen LogP contribution in [-0.4, -0.2) is 0 Å². The Morgan fingerprint density at radius 2 is 0.286 bits per heavy atom. The van der Waals surface area contributed by atoms with Crippen molar-refractivity contribution in [1.82, 2.24) is 0 Å². The van der Waals surface area contributed by atoms with Crippen LogP contribution in [0.1, 0.15) is 0 Å². The first-order chi connectivity index (χ1) is 45.1. The quantitative estimate of drug-likeness (QED) is 0.0847. The van der Waals surface area contributed by atoms with Gasteiger partial charge in [-0.15, -0.1) is 11.3 Å². The van der Waals surface area contributed by atoms with Gasteiger partial charge in [0.05, 0.1) is 34.1 Å². The van der Waals surface area contributed by atoms with Gasteiger partial charge in [-0.2, -0.15) is 0 Å². The zero-order chi connectivity index (χ0) is 60.7. The van der Waals surface area contributed by atoms with Crippen LogP contribution in [0.3, 0.4) is 0 Å². The monoisotopic (exact) mass is 1190 g/mol. The lowest BCUT2D eigenvalue weighted by Gasteiger charge is -2.33. The summed E-state index contributed by atoms with van der Waals surface area (Å²) in [7, 11) is 0. The van der Waals surface area contributed by atoms with Crippen molar-refractivity contribution in [2.24, 2.45) is 0 Å². The Kier molecular flexibility index (Phi) is 15.6. The molecule has 15 aromatic rings. The first-order valence-corrected chi connectivity index (χ1v) is 31.5. The average Bonchev–Trinajstić information content (AvgIpc) is 1.93. The summed E-state index contributed by atoms with van der Waals surface area (Å²) in [5, 5.41) is 2.41. The van der Waals surface area contributed by atoms with Crippen LogP contribution in [0.2, 0.25) is 0 Å².